The topological polar surface area (TPSA) is 138 Å². The van der Waals surface area contributed by atoms with Crippen molar-refractivity contribution in [1.29, 1.82) is 0 Å². The maximum atomic E-state index is 10.5. The number of fused-ring (bicyclic) bond motifs is 1. The quantitative estimate of drug-likeness (QED) is 0.278. The molecule has 2 atom stereocenters. The minimum atomic E-state index is -3.41. The molecule has 11 heteroatoms. The predicted molar refractivity (Wildman–Crippen MR) is 86.0 cm³/mol. The molecule has 0 spiro atoms. The SMILES string of the molecule is CC(OC=O)c1c[nH]c2cc(N3CC(O)NS3(O)O)c(O)cc12.[H-].[K+]. The number of nitrogens with one attached hydrogen (secondary N) is 2. The van der Waals surface area contributed by atoms with E-state index < -0.39 is 23.3 Å². The molecule has 1 fully saturated rings. The van der Waals surface area contributed by atoms with Gasteiger partial charge in [0.15, 0.2) is 0 Å². The van der Waals surface area contributed by atoms with Crippen LogP contribution in [0.5, 0.6) is 5.75 Å². The molecule has 0 aliphatic carbocycles. The number of anilines is 1. The van der Waals surface area contributed by atoms with Gasteiger partial charge in [-0.1, -0.05) is 11.0 Å². The number of hydrogen-bond donors (Lipinski definition) is 6. The first-order valence-corrected chi connectivity index (χ1v) is 8.28. The molecule has 1 saturated heterocycles. The monoisotopic (exact) mass is 383 g/mol. The molecule has 1 aliphatic rings. The van der Waals surface area contributed by atoms with Crippen molar-refractivity contribution in [1.82, 2.24) is 9.71 Å². The molecular formula is C13H18KN3O6S. The van der Waals surface area contributed by atoms with E-state index in [1.54, 1.807) is 13.1 Å². The van der Waals surface area contributed by atoms with Crippen molar-refractivity contribution in [2.45, 2.75) is 19.3 Å². The molecule has 0 amide bonds. The summed E-state index contributed by atoms with van der Waals surface area (Å²) in [6.45, 7) is 1.96. The standard InChI is InChI=1S/C13H17N3O6S.K.H/c1-7(22-6-17)9-4-14-10-3-11(12(18)2-8(9)10)16-5-13(19)15-23(16,20)21;;/h2-4,6-7,13-15,18-21H,5H2,1H3;;/q;+1;-1. The number of rotatable bonds is 4. The summed E-state index contributed by atoms with van der Waals surface area (Å²) in [5.74, 6) is -0.187. The van der Waals surface area contributed by atoms with Crippen LogP contribution in [0.25, 0.3) is 10.9 Å². The van der Waals surface area contributed by atoms with Gasteiger partial charge in [0, 0.05) is 22.7 Å². The minimum Gasteiger partial charge on any atom is -1.00 e. The zero-order chi connectivity index (χ0) is 16.8. The van der Waals surface area contributed by atoms with Crippen molar-refractivity contribution >= 4 is 34.0 Å². The Morgan fingerprint density at radius 1 is 1.50 bits per heavy atom. The molecule has 24 heavy (non-hydrogen) atoms. The van der Waals surface area contributed by atoms with Crippen molar-refractivity contribution in [3.8, 4) is 5.75 Å². The summed E-state index contributed by atoms with van der Waals surface area (Å²) in [6, 6.07) is 2.98. The first kappa shape index (κ1) is 20.0. The Morgan fingerprint density at radius 3 is 2.79 bits per heavy atom. The first-order chi connectivity index (χ1) is 10.8. The average Bonchev–Trinajstić information content (AvgIpc) is 2.97. The van der Waals surface area contributed by atoms with Crippen LogP contribution in [0.2, 0.25) is 0 Å². The van der Waals surface area contributed by atoms with E-state index in [4.69, 9.17) is 4.74 Å². The fourth-order valence-corrected chi connectivity index (χ4v) is 3.98. The van der Waals surface area contributed by atoms with Crippen LogP contribution in [0.15, 0.2) is 18.3 Å². The molecule has 0 radical (unpaired) electrons. The summed E-state index contributed by atoms with van der Waals surface area (Å²) >= 11 is 0. The molecule has 0 bridgehead atoms. The number of hydrogen-bond acceptors (Lipinski definition) is 8. The molecule has 0 saturated carbocycles. The van der Waals surface area contributed by atoms with Gasteiger partial charge in [0.25, 0.3) is 6.47 Å². The second-order valence-corrected chi connectivity index (χ2v) is 6.93. The summed E-state index contributed by atoms with van der Waals surface area (Å²) in [5, 5.41) is 20.4. The van der Waals surface area contributed by atoms with Gasteiger partial charge >= 0.3 is 51.4 Å². The number of phenols is 1. The van der Waals surface area contributed by atoms with Crippen LogP contribution < -0.4 is 60.4 Å². The molecule has 2 aromatic rings. The summed E-state index contributed by atoms with van der Waals surface area (Å²) in [7, 11) is -3.41. The number of H-pyrrole nitrogens is 1. The molecule has 128 valence electrons. The Bertz CT molecular complexity index is 761. The third-order valence-corrected chi connectivity index (χ3v) is 5.26. The maximum Gasteiger partial charge on any atom is 1.00 e. The Hall–Kier alpha value is -0.344. The largest absolute Gasteiger partial charge is 1.00 e. The fourth-order valence-electron chi connectivity index (χ4n) is 2.64. The molecule has 3 rings (SSSR count). The second kappa shape index (κ2) is 7.49. The van der Waals surface area contributed by atoms with Gasteiger partial charge in [-0.3, -0.25) is 18.2 Å². The van der Waals surface area contributed by atoms with Crippen molar-refractivity contribution in [3.63, 3.8) is 0 Å². The van der Waals surface area contributed by atoms with E-state index >= 15 is 0 Å². The van der Waals surface area contributed by atoms with Crippen LogP contribution in [0, 0.1) is 0 Å². The molecular weight excluding hydrogens is 365 g/mol. The zero-order valence-electron chi connectivity index (χ0n) is 14.1. The van der Waals surface area contributed by atoms with E-state index in [-0.39, 0.29) is 70.8 Å². The van der Waals surface area contributed by atoms with E-state index in [9.17, 15) is 24.1 Å². The van der Waals surface area contributed by atoms with E-state index in [0.29, 0.717) is 22.9 Å². The fraction of sp³-hybridized carbons (Fsp3) is 0.308. The van der Waals surface area contributed by atoms with Crippen molar-refractivity contribution < 1.29 is 81.7 Å². The number of aromatic hydroxyl groups is 1. The summed E-state index contributed by atoms with van der Waals surface area (Å²) in [4.78, 5) is 13.5. The van der Waals surface area contributed by atoms with Gasteiger partial charge in [0.2, 0.25) is 0 Å². The van der Waals surface area contributed by atoms with Gasteiger partial charge < -0.3 is 21.4 Å². The van der Waals surface area contributed by atoms with Crippen LogP contribution in [-0.2, 0) is 9.53 Å². The number of aliphatic hydroxyl groups excluding tert-OH is 1. The number of aromatic amines is 1. The number of aliphatic hydroxyl groups is 1. The summed E-state index contributed by atoms with van der Waals surface area (Å²) < 4.78 is 28.2. The van der Waals surface area contributed by atoms with Crippen LogP contribution in [-0.4, -0.2) is 43.5 Å². The Balaban J connectivity index is 0.00000156. The van der Waals surface area contributed by atoms with Crippen LogP contribution in [0.3, 0.4) is 0 Å². The molecule has 9 nitrogen and oxygen atoms in total. The van der Waals surface area contributed by atoms with Crippen molar-refractivity contribution in [3.05, 3.63) is 23.9 Å². The minimum absolute atomic E-state index is 0. The zero-order valence-corrected chi connectivity index (χ0v) is 17.1. The number of carbonyl (C=O) groups excluding carboxylic acids is 1. The van der Waals surface area contributed by atoms with Crippen molar-refractivity contribution in [2.24, 2.45) is 0 Å². The van der Waals surface area contributed by atoms with E-state index in [1.807, 2.05) is 0 Å². The molecule has 1 aromatic heterocycles. The molecule has 1 aromatic carbocycles. The van der Waals surface area contributed by atoms with Crippen LogP contribution in [0.4, 0.5) is 5.69 Å². The number of phenolic OH excluding ortho intramolecular Hbond substituents is 1. The van der Waals surface area contributed by atoms with Gasteiger partial charge in [-0.25, -0.2) is 0 Å². The van der Waals surface area contributed by atoms with E-state index in [0.717, 1.165) is 4.31 Å². The third kappa shape index (κ3) is 3.60. The number of aromatic nitrogens is 1. The summed E-state index contributed by atoms with van der Waals surface area (Å²) in [5.41, 5.74) is 1.46. The number of ether oxygens (including phenoxy) is 1. The predicted octanol–water partition coefficient (Wildman–Crippen LogP) is -1.47. The van der Waals surface area contributed by atoms with Gasteiger partial charge in [-0.15, -0.1) is 0 Å². The second-order valence-electron chi connectivity index (χ2n) is 5.22. The number of β-amino-alcohol motifs (C(OH)–C–C–N with tert-alkyl or cyclic N) is 1. The molecule has 2 unspecified atom stereocenters. The Morgan fingerprint density at radius 2 is 2.21 bits per heavy atom. The Kier molecular flexibility index (Phi) is 6.24. The Labute approximate surface area is 183 Å². The normalized spacial score (nSPS) is 22.0. The number of carbonyl (C=O) groups is 1. The van der Waals surface area contributed by atoms with Gasteiger partial charge in [0.05, 0.1) is 6.54 Å². The van der Waals surface area contributed by atoms with E-state index in [2.05, 4.69) is 9.71 Å². The van der Waals surface area contributed by atoms with Crippen molar-refractivity contribution in [2.75, 3.05) is 10.8 Å². The maximum absolute atomic E-state index is 10.5. The third-order valence-electron chi connectivity index (χ3n) is 3.72. The number of benzene rings is 1. The average molecular weight is 383 g/mol. The number of nitrogens with zero attached hydrogens (tertiary/aromatic N) is 1. The summed E-state index contributed by atoms with van der Waals surface area (Å²) in [6.07, 6.45) is 0.0365. The molecule has 1 aliphatic heterocycles. The molecule has 6 N–H and O–H groups in total. The molecule has 2 heterocycles. The van der Waals surface area contributed by atoms with Gasteiger partial charge in [-0.2, -0.15) is 4.72 Å². The van der Waals surface area contributed by atoms with Crippen LogP contribution >= 0.6 is 11.0 Å². The van der Waals surface area contributed by atoms with Crippen LogP contribution in [0.1, 0.15) is 20.0 Å². The van der Waals surface area contributed by atoms with E-state index in [1.165, 1.54) is 12.1 Å². The smallest absolute Gasteiger partial charge is 1.00 e. The van der Waals surface area contributed by atoms with Gasteiger partial charge in [0.1, 0.15) is 23.8 Å². The van der Waals surface area contributed by atoms with Gasteiger partial charge in [-0.05, 0) is 19.1 Å². The first-order valence-electron chi connectivity index (χ1n) is 6.78.